The molecule has 0 aliphatic carbocycles. The van der Waals surface area contributed by atoms with Crippen molar-refractivity contribution in [1.82, 2.24) is 0 Å². The van der Waals surface area contributed by atoms with Gasteiger partial charge in [-0.25, -0.2) is 4.57 Å². The van der Waals surface area contributed by atoms with Gasteiger partial charge in [0.15, 0.2) is 6.10 Å². The normalized spacial score (nSPS) is 15.5. The molecule has 0 aliphatic heterocycles. The number of carbonyl (C=O) groups excluding carboxylic acids is 2. The molecule has 0 aromatic rings. The van der Waals surface area contributed by atoms with Gasteiger partial charge in [-0.1, -0.05) is 148 Å². The maximum Gasteiger partial charge on any atom is 0.472 e. The first-order valence-electron chi connectivity index (χ1n) is 21.6. The Morgan fingerprint density at radius 3 is 1.57 bits per heavy atom. The van der Waals surface area contributed by atoms with Gasteiger partial charge >= 0.3 is 19.8 Å². The predicted molar refractivity (Wildman–Crippen MR) is 243 cm³/mol. The molecule has 0 saturated carbocycles. The summed E-state index contributed by atoms with van der Waals surface area (Å²) < 4.78 is 32.5. The van der Waals surface area contributed by atoms with Crippen LogP contribution < -0.4 is 0 Å². The molecular weight excluding hydrogens is 783 g/mol. The average Bonchev–Trinajstić information content (AvgIpc) is 3.24. The first-order valence-corrected chi connectivity index (χ1v) is 23.1. The van der Waals surface area contributed by atoms with Gasteiger partial charge in [-0.2, -0.15) is 0 Å². The van der Waals surface area contributed by atoms with Crippen molar-refractivity contribution in [3.05, 3.63) is 122 Å². The fourth-order valence-electron chi connectivity index (χ4n) is 4.78. The summed E-state index contributed by atoms with van der Waals surface area (Å²) in [6.45, 7) is 1.83. The molecule has 0 aromatic carbocycles. The molecule has 4 N–H and O–H groups in total. The Kier molecular flexibility index (Phi) is 39.5. The van der Waals surface area contributed by atoms with Crippen molar-refractivity contribution < 1.29 is 52.9 Å². The molecule has 0 aromatic heterocycles. The Balaban J connectivity index is 4.57. The Labute approximate surface area is 360 Å². The third-order valence-electron chi connectivity index (χ3n) is 8.27. The molecule has 12 heteroatoms. The first kappa shape index (κ1) is 56.3. The third kappa shape index (κ3) is 41.1. The molecule has 11 nitrogen and oxygen atoms in total. The number of esters is 2. The Hall–Kier alpha value is -3.67. The minimum atomic E-state index is -4.67. The predicted octanol–water partition coefficient (Wildman–Crippen LogP) is 10.5. The quantitative estimate of drug-likeness (QED) is 0.0153. The molecule has 0 saturated heterocycles. The molecule has 0 bridgehead atoms. The van der Waals surface area contributed by atoms with Crippen LogP contribution in [-0.4, -0.2) is 76.9 Å². The number of unbranched alkanes of at least 4 members (excludes halogenated alkanes) is 4. The number of allylic oxidation sites excluding steroid dienone is 19. The zero-order chi connectivity index (χ0) is 44.2. The number of phosphoric acid groups is 1. The molecule has 0 fully saturated rings. The Bertz CT molecular complexity index is 1420. The van der Waals surface area contributed by atoms with E-state index < -0.39 is 64.5 Å². The highest BCUT2D eigenvalue weighted by molar-refractivity contribution is 7.47. The highest BCUT2D eigenvalue weighted by Gasteiger charge is 2.27. The van der Waals surface area contributed by atoms with Crippen LogP contribution >= 0.6 is 7.82 Å². The second-order valence-electron chi connectivity index (χ2n) is 13.8. The maximum absolute atomic E-state index is 12.6. The van der Waals surface area contributed by atoms with Gasteiger partial charge < -0.3 is 29.7 Å². The van der Waals surface area contributed by atoms with E-state index in [1.165, 1.54) is 19.3 Å². The number of aliphatic hydroxyl groups is 3. The van der Waals surface area contributed by atoms with Crippen LogP contribution in [0.15, 0.2) is 122 Å². The van der Waals surface area contributed by atoms with Gasteiger partial charge in [0.05, 0.1) is 25.9 Å². The summed E-state index contributed by atoms with van der Waals surface area (Å²) in [6, 6.07) is 0. The number of hydrogen-bond donors (Lipinski definition) is 4. The topological polar surface area (TPSA) is 169 Å². The second kappa shape index (κ2) is 42.0. The molecule has 0 spiro atoms. The number of phosphoric ester groups is 1. The molecule has 0 aliphatic rings. The summed E-state index contributed by atoms with van der Waals surface area (Å²) >= 11 is 0. The van der Waals surface area contributed by atoms with Crippen LogP contribution in [0.2, 0.25) is 0 Å². The Morgan fingerprint density at radius 1 is 0.567 bits per heavy atom. The van der Waals surface area contributed by atoms with Crippen molar-refractivity contribution in [1.29, 1.82) is 0 Å². The second-order valence-corrected chi connectivity index (χ2v) is 15.3. The lowest BCUT2D eigenvalue weighted by atomic mass is 10.2. The number of aliphatic hydroxyl groups excluding tert-OH is 3. The zero-order valence-electron chi connectivity index (χ0n) is 36.2. The molecular formula is C48H75O11P. The van der Waals surface area contributed by atoms with Crippen LogP contribution in [0.3, 0.4) is 0 Å². The van der Waals surface area contributed by atoms with Crippen molar-refractivity contribution in [3.8, 4) is 0 Å². The van der Waals surface area contributed by atoms with Crippen LogP contribution in [0.1, 0.15) is 123 Å². The fraction of sp³-hybridized carbons (Fsp3) is 0.542. The summed E-state index contributed by atoms with van der Waals surface area (Å²) in [5.74, 6) is -1.12. The third-order valence-corrected chi connectivity index (χ3v) is 9.22. The molecule has 338 valence electrons. The summed E-state index contributed by atoms with van der Waals surface area (Å²) in [7, 11) is -4.67. The largest absolute Gasteiger partial charge is 0.472 e. The van der Waals surface area contributed by atoms with E-state index in [9.17, 15) is 29.3 Å². The standard InChI is InChI=1S/C48H75O11P/c1-3-5-6-7-8-9-10-11-12-13-14-15-16-21-24-27-30-33-36-39-48(53)59-46(43-58-60(54,55)57-41-45(51)40-49)42-56-47(52)38-35-32-29-26-23-20-18-17-19-22-25-28-31-34-37-44(50)4-2/h8-9,11-12,14-15,18-22,24,26,28-31,33-34,37,44-46,49-51H,3-7,10,13,16-17,23,25,27,32,35-36,38-43H2,1-2H3,(H,54,55)/b9-8-,12-11-,15-14-,20-18-,22-19-,24-21-,29-26-,31-28-,33-30-,37-34+/t44-,45-,46+/m0/s1. The minimum Gasteiger partial charge on any atom is -0.462 e. The number of carbonyl (C=O) groups is 2. The molecule has 0 rings (SSSR count). The molecule has 1 unspecified atom stereocenters. The first-order chi connectivity index (χ1) is 29.1. The van der Waals surface area contributed by atoms with Crippen molar-refractivity contribution in [2.24, 2.45) is 0 Å². The van der Waals surface area contributed by atoms with Crippen molar-refractivity contribution in [2.45, 2.75) is 141 Å². The molecule has 4 atom stereocenters. The van der Waals surface area contributed by atoms with Crippen LogP contribution in [-0.2, 0) is 32.7 Å². The lowest BCUT2D eigenvalue weighted by Crippen LogP contribution is -2.29. The lowest BCUT2D eigenvalue weighted by Gasteiger charge is -2.20. The van der Waals surface area contributed by atoms with Crippen LogP contribution in [0.25, 0.3) is 0 Å². The number of hydrogen-bond acceptors (Lipinski definition) is 10. The van der Waals surface area contributed by atoms with E-state index in [1.807, 2.05) is 55.5 Å². The van der Waals surface area contributed by atoms with E-state index in [0.29, 0.717) is 32.1 Å². The van der Waals surface area contributed by atoms with Gasteiger partial charge in [0.25, 0.3) is 0 Å². The van der Waals surface area contributed by atoms with Gasteiger partial charge in [0, 0.05) is 12.8 Å². The smallest absolute Gasteiger partial charge is 0.462 e. The summed E-state index contributed by atoms with van der Waals surface area (Å²) in [5.41, 5.74) is 0. The zero-order valence-corrected chi connectivity index (χ0v) is 37.1. The number of rotatable bonds is 38. The molecule has 0 amide bonds. The van der Waals surface area contributed by atoms with Crippen LogP contribution in [0, 0.1) is 0 Å². The highest BCUT2D eigenvalue weighted by Crippen LogP contribution is 2.43. The average molecular weight is 859 g/mol. The van der Waals surface area contributed by atoms with Gasteiger partial charge in [-0.15, -0.1) is 0 Å². The van der Waals surface area contributed by atoms with Crippen molar-refractivity contribution >= 4 is 19.8 Å². The molecule has 0 heterocycles. The monoisotopic (exact) mass is 859 g/mol. The fourth-order valence-corrected chi connectivity index (χ4v) is 5.57. The van der Waals surface area contributed by atoms with Crippen molar-refractivity contribution in [2.75, 3.05) is 26.4 Å². The van der Waals surface area contributed by atoms with Crippen LogP contribution in [0.4, 0.5) is 0 Å². The SMILES string of the molecule is CCCCC/C=C\C/C=C\C/C=C\C/C=C\C/C=C\CCC(=O)O[C@H](COC(=O)CCC/C=C\C/C=C\C/C=C\C/C=C\C=C\[C@@H](O)CC)COP(=O)(O)OC[C@@H](O)CO. The molecule has 0 radical (unpaired) electrons. The lowest BCUT2D eigenvalue weighted by molar-refractivity contribution is -0.161. The van der Waals surface area contributed by atoms with E-state index in [2.05, 4.69) is 78.3 Å². The van der Waals surface area contributed by atoms with Gasteiger partial charge in [0.1, 0.15) is 12.7 Å². The van der Waals surface area contributed by atoms with E-state index in [1.54, 1.807) is 6.08 Å². The highest BCUT2D eigenvalue weighted by atomic mass is 31.2. The summed E-state index contributed by atoms with van der Waals surface area (Å²) in [5, 5.41) is 27.8. The van der Waals surface area contributed by atoms with E-state index in [4.69, 9.17) is 19.1 Å². The maximum atomic E-state index is 12.6. The Morgan fingerprint density at radius 2 is 1.05 bits per heavy atom. The van der Waals surface area contributed by atoms with Gasteiger partial charge in [-0.3, -0.25) is 18.6 Å². The molecule has 60 heavy (non-hydrogen) atoms. The van der Waals surface area contributed by atoms with Crippen LogP contribution in [0.5, 0.6) is 0 Å². The number of ether oxygens (including phenoxy) is 2. The summed E-state index contributed by atoms with van der Waals surface area (Å²) in [4.78, 5) is 34.9. The van der Waals surface area contributed by atoms with Gasteiger partial charge in [0.2, 0.25) is 0 Å². The summed E-state index contributed by atoms with van der Waals surface area (Å²) in [6.07, 6.45) is 51.3. The van der Waals surface area contributed by atoms with E-state index in [-0.39, 0.29) is 12.8 Å². The van der Waals surface area contributed by atoms with Crippen molar-refractivity contribution in [3.63, 3.8) is 0 Å². The van der Waals surface area contributed by atoms with E-state index >= 15 is 0 Å². The van der Waals surface area contributed by atoms with Gasteiger partial charge in [-0.05, 0) is 83.5 Å². The minimum absolute atomic E-state index is 0.0334. The van der Waals surface area contributed by atoms with E-state index in [0.717, 1.165) is 44.9 Å².